The molecule has 1 amide bonds. The molecule has 1 N–H and O–H groups in total. The standard InChI is InChI=1S/C21H23N5O3/c27-21(23-13-17-3-1-2-10-22-17)16-4-6-18(7-5-16)29-19-8-11-26(12-9-19)14-20-24-15-28-25-20/h1-7,10,15,19H,8-9,11-14H2,(H,23,27). The molecule has 0 aliphatic carbocycles. The Morgan fingerprint density at radius 1 is 1.14 bits per heavy atom. The molecule has 1 fully saturated rings. The molecule has 4 rings (SSSR count). The number of benzene rings is 1. The molecular formula is C21H23N5O3. The number of nitrogens with one attached hydrogen (secondary N) is 1. The molecule has 8 nitrogen and oxygen atoms in total. The molecule has 0 spiro atoms. The topological polar surface area (TPSA) is 93.4 Å². The second-order valence-electron chi connectivity index (χ2n) is 6.97. The van der Waals surface area contributed by atoms with Gasteiger partial charge in [0.25, 0.3) is 5.91 Å². The van der Waals surface area contributed by atoms with Crippen molar-refractivity contribution in [2.75, 3.05) is 13.1 Å². The van der Waals surface area contributed by atoms with E-state index in [2.05, 4.69) is 25.3 Å². The molecule has 1 aromatic carbocycles. The van der Waals surface area contributed by atoms with Crippen LogP contribution < -0.4 is 10.1 Å². The summed E-state index contributed by atoms with van der Waals surface area (Å²) >= 11 is 0. The number of rotatable bonds is 7. The first-order chi connectivity index (χ1) is 14.3. The minimum atomic E-state index is -0.128. The normalized spacial score (nSPS) is 15.2. The van der Waals surface area contributed by atoms with Gasteiger partial charge in [0.1, 0.15) is 11.9 Å². The third-order valence-electron chi connectivity index (χ3n) is 4.88. The molecule has 1 saturated heterocycles. The van der Waals surface area contributed by atoms with Crippen LogP contribution in [0.15, 0.2) is 59.6 Å². The van der Waals surface area contributed by atoms with Crippen molar-refractivity contribution in [3.63, 3.8) is 0 Å². The van der Waals surface area contributed by atoms with E-state index in [0.29, 0.717) is 24.5 Å². The maximum absolute atomic E-state index is 12.3. The van der Waals surface area contributed by atoms with E-state index < -0.39 is 0 Å². The third kappa shape index (κ3) is 5.39. The van der Waals surface area contributed by atoms with Gasteiger partial charge in [-0.1, -0.05) is 11.2 Å². The number of pyridine rings is 1. The smallest absolute Gasteiger partial charge is 0.251 e. The predicted octanol–water partition coefficient (Wildman–Crippen LogP) is 2.44. The van der Waals surface area contributed by atoms with E-state index in [0.717, 1.165) is 37.4 Å². The lowest BCUT2D eigenvalue weighted by Gasteiger charge is -2.31. The molecule has 0 radical (unpaired) electrons. The Labute approximate surface area is 168 Å². The average molecular weight is 393 g/mol. The molecule has 0 saturated carbocycles. The highest BCUT2D eigenvalue weighted by atomic mass is 16.5. The average Bonchev–Trinajstić information content (AvgIpc) is 3.28. The minimum absolute atomic E-state index is 0.128. The highest BCUT2D eigenvalue weighted by Gasteiger charge is 2.21. The summed E-state index contributed by atoms with van der Waals surface area (Å²) in [6.07, 6.45) is 5.10. The number of carbonyl (C=O) groups excluding carboxylic acids is 1. The van der Waals surface area contributed by atoms with Crippen LogP contribution in [0.4, 0.5) is 0 Å². The van der Waals surface area contributed by atoms with Gasteiger partial charge in [-0.25, -0.2) is 0 Å². The van der Waals surface area contributed by atoms with Gasteiger partial charge in [-0.05, 0) is 49.2 Å². The van der Waals surface area contributed by atoms with Crippen LogP contribution in [0.2, 0.25) is 0 Å². The van der Waals surface area contributed by atoms with Crippen molar-refractivity contribution in [2.24, 2.45) is 0 Å². The SMILES string of the molecule is O=C(NCc1ccccn1)c1ccc(OC2CCN(Cc3ncon3)CC2)cc1. The molecular weight excluding hydrogens is 370 g/mol. The molecule has 0 unspecified atom stereocenters. The van der Waals surface area contributed by atoms with Crippen molar-refractivity contribution < 1.29 is 14.1 Å². The summed E-state index contributed by atoms with van der Waals surface area (Å²) < 4.78 is 10.9. The summed E-state index contributed by atoms with van der Waals surface area (Å²) in [5, 5.41) is 6.73. The molecule has 3 heterocycles. The highest BCUT2D eigenvalue weighted by Crippen LogP contribution is 2.20. The highest BCUT2D eigenvalue weighted by molar-refractivity contribution is 5.94. The summed E-state index contributed by atoms with van der Waals surface area (Å²) in [7, 11) is 0. The van der Waals surface area contributed by atoms with Gasteiger partial charge in [-0.15, -0.1) is 0 Å². The van der Waals surface area contributed by atoms with E-state index in [1.807, 2.05) is 30.3 Å². The molecule has 8 heteroatoms. The fourth-order valence-corrected chi connectivity index (χ4v) is 3.30. The van der Waals surface area contributed by atoms with Gasteiger partial charge in [0.2, 0.25) is 6.39 Å². The molecule has 150 valence electrons. The van der Waals surface area contributed by atoms with Crippen LogP contribution in [-0.4, -0.2) is 45.1 Å². The van der Waals surface area contributed by atoms with Gasteiger partial charge in [0.15, 0.2) is 5.82 Å². The molecule has 0 atom stereocenters. The van der Waals surface area contributed by atoms with Crippen molar-refractivity contribution in [2.45, 2.75) is 32.0 Å². The molecule has 29 heavy (non-hydrogen) atoms. The summed E-state index contributed by atoms with van der Waals surface area (Å²) in [6.45, 7) is 2.95. The zero-order valence-corrected chi connectivity index (χ0v) is 16.0. The predicted molar refractivity (Wildman–Crippen MR) is 105 cm³/mol. The van der Waals surface area contributed by atoms with Gasteiger partial charge in [-0.3, -0.25) is 14.7 Å². The Hall–Kier alpha value is -3.26. The number of piperidine rings is 1. The minimum Gasteiger partial charge on any atom is -0.490 e. The maximum atomic E-state index is 12.3. The zero-order chi connectivity index (χ0) is 19.9. The molecule has 3 aromatic rings. The van der Waals surface area contributed by atoms with Crippen LogP contribution in [-0.2, 0) is 13.1 Å². The van der Waals surface area contributed by atoms with Crippen molar-refractivity contribution >= 4 is 5.91 Å². The Morgan fingerprint density at radius 2 is 1.97 bits per heavy atom. The van der Waals surface area contributed by atoms with E-state index in [4.69, 9.17) is 9.26 Å². The summed E-state index contributed by atoms with van der Waals surface area (Å²) in [5.41, 5.74) is 1.43. The quantitative estimate of drug-likeness (QED) is 0.659. The van der Waals surface area contributed by atoms with Crippen LogP contribution in [0.5, 0.6) is 5.75 Å². The Kier molecular flexibility index (Phi) is 6.11. The Balaban J connectivity index is 1.23. The first-order valence-corrected chi connectivity index (χ1v) is 9.69. The van der Waals surface area contributed by atoms with E-state index in [1.54, 1.807) is 18.3 Å². The first-order valence-electron chi connectivity index (χ1n) is 9.69. The maximum Gasteiger partial charge on any atom is 0.251 e. The van der Waals surface area contributed by atoms with E-state index in [1.165, 1.54) is 6.39 Å². The van der Waals surface area contributed by atoms with Gasteiger partial charge < -0.3 is 14.6 Å². The first kappa shape index (κ1) is 19.1. The molecule has 1 aliphatic heterocycles. The largest absolute Gasteiger partial charge is 0.490 e. The van der Waals surface area contributed by atoms with Crippen molar-refractivity contribution in [3.8, 4) is 5.75 Å². The lowest BCUT2D eigenvalue weighted by Crippen LogP contribution is -2.38. The van der Waals surface area contributed by atoms with Crippen LogP contribution in [0.25, 0.3) is 0 Å². The third-order valence-corrected chi connectivity index (χ3v) is 4.88. The second-order valence-corrected chi connectivity index (χ2v) is 6.97. The lowest BCUT2D eigenvalue weighted by atomic mass is 10.1. The van der Waals surface area contributed by atoms with Gasteiger partial charge in [0, 0.05) is 24.8 Å². The molecule has 2 aromatic heterocycles. The number of hydrogen-bond donors (Lipinski definition) is 1. The number of aromatic nitrogens is 3. The van der Waals surface area contributed by atoms with Crippen molar-refractivity contribution in [1.29, 1.82) is 0 Å². The second kappa shape index (κ2) is 9.29. The number of hydrogen-bond acceptors (Lipinski definition) is 7. The van der Waals surface area contributed by atoms with Crippen LogP contribution in [0.3, 0.4) is 0 Å². The number of nitrogens with zero attached hydrogens (tertiary/aromatic N) is 4. The van der Waals surface area contributed by atoms with Crippen molar-refractivity contribution in [1.82, 2.24) is 25.3 Å². The van der Waals surface area contributed by atoms with Crippen LogP contribution in [0.1, 0.15) is 34.7 Å². The summed E-state index contributed by atoms with van der Waals surface area (Å²) in [4.78, 5) is 22.8. The van der Waals surface area contributed by atoms with Gasteiger partial charge in [-0.2, -0.15) is 4.98 Å². The molecule has 1 aliphatic rings. The monoisotopic (exact) mass is 393 g/mol. The Morgan fingerprint density at radius 3 is 2.66 bits per heavy atom. The molecule has 0 bridgehead atoms. The van der Waals surface area contributed by atoms with Crippen LogP contribution in [0, 0.1) is 0 Å². The van der Waals surface area contributed by atoms with E-state index >= 15 is 0 Å². The van der Waals surface area contributed by atoms with E-state index in [-0.39, 0.29) is 12.0 Å². The zero-order valence-electron chi connectivity index (χ0n) is 16.0. The van der Waals surface area contributed by atoms with Gasteiger partial charge in [0.05, 0.1) is 18.8 Å². The van der Waals surface area contributed by atoms with Gasteiger partial charge >= 0.3 is 0 Å². The lowest BCUT2D eigenvalue weighted by molar-refractivity contribution is 0.0942. The van der Waals surface area contributed by atoms with E-state index in [9.17, 15) is 4.79 Å². The fraction of sp³-hybridized carbons (Fsp3) is 0.333. The number of amides is 1. The summed E-state index contributed by atoms with van der Waals surface area (Å²) in [5.74, 6) is 1.36. The fourth-order valence-electron chi connectivity index (χ4n) is 3.30. The Bertz CT molecular complexity index is 892. The van der Waals surface area contributed by atoms with Crippen LogP contribution >= 0.6 is 0 Å². The summed E-state index contributed by atoms with van der Waals surface area (Å²) in [6, 6.07) is 12.9. The number of ether oxygens (including phenoxy) is 1. The number of carbonyl (C=O) groups is 1. The number of likely N-dealkylation sites (tertiary alicyclic amines) is 1. The van der Waals surface area contributed by atoms with Crippen molar-refractivity contribution in [3.05, 3.63) is 72.1 Å².